The molecular formula is C8H11F2IO. The average Bonchev–Trinajstić information content (AvgIpc) is 2.03. The molecule has 0 aromatic rings. The van der Waals surface area contributed by atoms with Crippen LogP contribution in [0.15, 0.2) is 0 Å². The molecule has 70 valence electrons. The Morgan fingerprint density at radius 2 is 1.75 bits per heavy atom. The molecule has 0 saturated heterocycles. The predicted octanol–water partition coefficient (Wildman–Crippen LogP) is 3.16. The van der Waals surface area contributed by atoms with Crippen LogP contribution in [0.4, 0.5) is 8.78 Å². The van der Waals surface area contributed by atoms with Crippen LogP contribution >= 0.6 is 22.6 Å². The van der Waals surface area contributed by atoms with E-state index in [1.54, 1.807) is 0 Å². The minimum absolute atomic E-state index is 0.384. The van der Waals surface area contributed by atoms with Crippen LogP contribution < -0.4 is 0 Å². The lowest BCUT2D eigenvalue weighted by Gasteiger charge is -2.21. The van der Waals surface area contributed by atoms with Gasteiger partial charge >= 0.3 is 3.93 Å². The number of ketones is 1. The molecule has 0 spiro atoms. The zero-order valence-electron chi connectivity index (χ0n) is 6.66. The van der Waals surface area contributed by atoms with Crippen LogP contribution in [-0.2, 0) is 4.79 Å². The molecule has 1 rings (SSSR count). The second-order valence-corrected chi connectivity index (χ2v) is 4.55. The number of Topliss-reactive ketones (excluding diaryl/α,β-unsaturated/α-hetero) is 1. The second-order valence-electron chi connectivity index (χ2n) is 3.20. The van der Waals surface area contributed by atoms with E-state index in [0.717, 1.165) is 41.9 Å². The van der Waals surface area contributed by atoms with E-state index in [1.807, 2.05) is 0 Å². The number of rotatable bonds is 2. The highest BCUT2D eigenvalue weighted by atomic mass is 127. The lowest BCUT2D eigenvalue weighted by atomic mass is 9.86. The van der Waals surface area contributed by atoms with Gasteiger partial charge in [0.05, 0.1) is 0 Å². The average molecular weight is 288 g/mol. The third-order valence-electron chi connectivity index (χ3n) is 2.26. The first-order valence-electron chi connectivity index (χ1n) is 4.13. The van der Waals surface area contributed by atoms with Crippen molar-refractivity contribution in [1.29, 1.82) is 0 Å². The Balaban J connectivity index is 2.51. The number of carbonyl (C=O) groups excluding carboxylic acids is 1. The van der Waals surface area contributed by atoms with Gasteiger partial charge in [0.1, 0.15) is 0 Å². The zero-order chi connectivity index (χ0) is 9.19. The van der Waals surface area contributed by atoms with Crippen LogP contribution in [0.1, 0.15) is 32.1 Å². The molecule has 0 atom stereocenters. The van der Waals surface area contributed by atoms with Gasteiger partial charge in [-0.15, -0.1) is 0 Å². The summed E-state index contributed by atoms with van der Waals surface area (Å²) >= 11 is 0.922. The van der Waals surface area contributed by atoms with Crippen LogP contribution in [0.3, 0.4) is 0 Å². The maximum Gasteiger partial charge on any atom is 0.353 e. The summed E-state index contributed by atoms with van der Waals surface area (Å²) in [6, 6.07) is 0. The fourth-order valence-corrected chi connectivity index (χ4v) is 2.04. The highest BCUT2D eigenvalue weighted by Crippen LogP contribution is 2.33. The summed E-state index contributed by atoms with van der Waals surface area (Å²) in [5, 5.41) is 0. The Kier molecular flexibility index (Phi) is 3.43. The molecule has 0 heterocycles. The number of hydrogen-bond donors (Lipinski definition) is 0. The highest BCUT2D eigenvalue weighted by molar-refractivity contribution is 14.1. The van der Waals surface area contributed by atoms with E-state index in [-0.39, 0.29) is 5.92 Å². The van der Waals surface area contributed by atoms with Crippen LogP contribution in [-0.4, -0.2) is 9.71 Å². The summed E-state index contributed by atoms with van der Waals surface area (Å²) in [5.74, 6) is -1.26. The molecule has 4 heteroatoms. The Bertz CT molecular complexity index is 170. The summed E-state index contributed by atoms with van der Waals surface area (Å²) < 4.78 is 21.9. The summed E-state index contributed by atoms with van der Waals surface area (Å²) in [5.41, 5.74) is 0. The Morgan fingerprint density at radius 3 is 2.17 bits per heavy atom. The Morgan fingerprint density at radius 1 is 1.25 bits per heavy atom. The summed E-state index contributed by atoms with van der Waals surface area (Å²) in [6.45, 7) is 0. The van der Waals surface area contributed by atoms with Gasteiger partial charge < -0.3 is 0 Å². The second kappa shape index (κ2) is 3.98. The van der Waals surface area contributed by atoms with Crippen LogP contribution in [0, 0.1) is 5.92 Å². The van der Waals surface area contributed by atoms with Gasteiger partial charge in [0.25, 0.3) is 0 Å². The fraction of sp³-hybridized carbons (Fsp3) is 0.875. The number of alkyl halides is 3. The molecule has 0 aromatic carbocycles. The molecular weight excluding hydrogens is 277 g/mol. The van der Waals surface area contributed by atoms with E-state index in [1.165, 1.54) is 0 Å². The van der Waals surface area contributed by atoms with Gasteiger partial charge in [-0.1, -0.05) is 19.3 Å². The minimum Gasteiger partial charge on any atom is -0.292 e. The van der Waals surface area contributed by atoms with E-state index in [2.05, 4.69) is 0 Å². The topological polar surface area (TPSA) is 17.1 Å². The molecule has 0 bridgehead atoms. The van der Waals surface area contributed by atoms with Gasteiger partial charge in [-0.25, -0.2) is 0 Å². The normalized spacial score (nSPS) is 20.9. The van der Waals surface area contributed by atoms with Crippen LogP contribution in [0.2, 0.25) is 0 Å². The first kappa shape index (κ1) is 10.3. The maximum atomic E-state index is 12.5. The molecule has 0 radical (unpaired) electrons. The molecule has 1 nitrogen and oxygen atoms in total. The molecule has 0 aliphatic heterocycles. The quantitative estimate of drug-likeness (QED) is 0.563. The highest BCUT2D eigenvalue weighted by Gasteiger charge is 2.39. The van der Waals surface area contributed by atoms with Crippen LogP contribution in [0.25, 0.3) is 0 Å². The SMILES string of the molecule is O=C(C1CCCCC1)C(F)(F)I. The maximum absolute atomic E-state index is 12.5. The van der Waals surface area contributed by atoms with Crippen molar-refractivity contribution in [3.63, 3.8) is 0 Å². The molecule has 0 unspecified atom stereocenters. The molecule has 1 fully saturated rings. The van der Waals surface area contributed by atoms with E-state index in [0.29, 0.717) is 12.8 Å². The van der Waals surface area contributed by atoms with E-state index >= 15 is 0 Å². The van der Waals surface area contributed by atoms with Crippen molar-refractivity contribution in [2.75, 3.05) is 0 Å². The monoisotopic (exact) mass is 288 g/mol. The smallest absolute Gasteiger partial charge is 0.292 e. The van der Waals surface area contributed by atoms with Crippen molar-refractivity contribution in [1.82, 2.24) is 0 Å². The van der Waals surface area contributed by atoms with Crippen molar-refractivity contribution in [2.45, 2.75) is 36.0 Å². The van der Waals surface area contributed by atoms with Gasteiger partial charge in [-0.05, 0) is 12.8 Å². The van der Waals surface area contributed by atoms with Crippen LogP contribution in [0.5, 0.6) is 0 Å². The molecule has 0 N–H and O–H groups in total. The van der Waals surface area contributed by atoms with Gasteiger partial charge in [-0.3, -0.25) is 4.79 Å². The van der Waals surface area contributed by atoms with Crippen molar-refractivity contribution in [3.8, 4) is 0 Å². The van der Waals surface area contributed by atoms with Gasteiger partial charge in [-0.2, -0.15) is 8.78 Å². The van der Waals surface area contributed by atoms with Gasteiger partial charge in [0.15, 0.2) is 0 Å². The summed E-state index contributed by atoms with van der Waals surface area (Å²) in [4.78, 5) is 11.1. The van der Waals surface area contributed by atoms with E-state index < -0.39 is 9.71 Å². The largest absolute Gasteiger partial charge is 0.353 e. The molecule has 1 saturated carbocycles. The third-order valence-corrected chi connectivity index (χ3v) is 2.79. The number of hydrogen-bond acceptors (Lipinski definition) is 1. The van der Waals surface area contributed by atoms with Crippen molar-refractivity contribution in [3.05, 3.63) is 0 Å². The molecule has 0 amide bonds. The number of halogens is 3. The molecule has 1 aliphatic carbocycles. The fourth-order valence-electron chi connectivity index (χ4n) is 1.60. The van der Waals surface area contributed by atoms with Crippen molar-refractivity contribution < 1.29 is 13.6 Å². The van der Waals surface area contributed by atoms with E-state index in [9.17, 15) is 13.6 Å². The standard InChI is InChI=1S/C8H11F2IO/c9-8(10,11)7(12)6-4-2-1-3-5-6/h6H,1-5H2. The lowest BCUT2D eigenvalue weighted by Crippen LogP contribution is -2.30. The van der Waals surface area contributed by atoms with Gasteiger partial charge in [0.2, 0.25) is 5.78 Å². The molecule has 12 heavy (non-hydrogen) atoms. The van der Waals surface area contributed by atoms with Crippen molar-refractivity contribution >= 4 is 28.4 Å². The Hall–Kier alpha value is 0.260. The minimum atomic E-state index is -3.15. The van der Waals surface area contributed by atoms with Gasteiger partial charge in [0, 0.05) is 28.5 Å². The molecule has 1 aliphatic rings. The summed E-state index contributed by atoms with van der Waals surface area (Å²) in [6.07, 6.45) is 4.22. The predicted molar refractivity (Wildman–Crippen MR) is 50.5 cm³/mol. The Labute approximate surface area is 84.0 Å². The van der Waals surface area contributed by atoms with Crippen molar-refractivity contribution in [2.24, 2.45) is 5.92 Å². The third kappa shape index (κ3) is 2.64. The first-order chi connectivity index (χ1) is 5.52. The molecule has 0 aromatic heterocycles. The summed E-state index contributed by atoms with van der Waals surface area (Å²) in [7, 11) is 0. The first-order valence-corrected chi connectivity index (χ1v) is 5.20. The van der Waals surface area contributed by atoms with E-state index in [4.69, 9.17) is 0 Å². The zero-order valence-corrected chi connectivity index (χ0v) is 8.81. The number of carbonyl (C=O) groups is 1. The lowest BCUT2D eigenvalue weighted by molar-refractivity contribution is -0.136.